The summed E-state index contributed by atoms with van der Waals surface area (Å²) in [5.41, 5.74) is 1.65. The largest absolute Gasteiger partial charge is 0.386 e. The highest BCUT2D eigenvalue weighted by molar-refractivity contribution is 5.09. The third-order valence-corrected chi connectivity index (χ3v) is 1.90. The number of nitrogens with zero attached hydrogens (tertiary/aromatic N) is 1. The Morgan fingerprint density at radius 2 is 2.20 bits per heavy atom. The van der Waals surface area contributed by atoms with E-state index in [1.54, 1.807) is 6.07 Å². The van der Waals surface area contributed by atoms with Crippen molar-refractivity contribution in [2.45, 2.75) is 26.0 Å². The lowest BCUT2D eigenvalue weighted by Crippen LogP contribution is -2.31. The number of alkyl halides is 2. The molecule has 0 bridgehead atoms. The summed E-state index contributed by atoms with van der Waals surface area (Å²) in [7, 11) is 0. The molecule has 1 atom stereocenters. The summed E-state index contributed by atoms with van der Waals surface area (Å²) in [4.78, 5) is 4.18. The van der Waals surface area contributed by atoms with Crippen LogP contribution in [0.5, 0.6) is 0 Å². The number of aliphatic hydroxyl groups excluding tert-OH is 1. The third-order valence-electron chi connectivity index (χ3n) is 1.90. The Labute approximate surface area is 87.2 Å². The Balaban J connectivity index is 2.32. The number of rotatable bonds is 5. The Morgan fingerprint density at radius 1 is 1.47 bits per heavy atom. The first-order valence-corrected chi connectivity index (χ1v) is 4.69. The van der Waals surface area contributed by atoms with Crippen molar-refractivity contribution in [2.24, 2.45) is 0 Å². The smallest absolute Gasteiger partial charge is 0.265 e. The van der Waals surface area contributed by atoms with Crippen LogP contribution in [-0.2, 0) is 6.54 Å². The van der Waals surface area contributed by atoms with E-state index in [0.29, 0.717) is 6.54 Å². The minimum absolute atomic E-state index is 0.132. The first-order chi connectivity index (χ1) is 7.09. The molecule has 0 aliphatic carbocycles. The average Bonchev–Trinajstić information content (AvgIpc) is 2.17. The van der Waals surface area contributed by atoms with Crippen molar-refractivity contribution in [3.8, 4) is 0 Å². The number of aliphatic hydroxyl groups is 1. The minimum Gasteiger partial charge on any atom is -0.386 e. The van der Waals surface area contributed by atoms with Crippen molar-refractivity contribution in [2.75, 3.05) is 6.54 Å². The van der Waals surface area contributed by atoms with Crippen molar-refractivity contribution in [1.82, 2.24) is 10.3 Å². The predicted molar refractivity (Wildman–Crippen MR) is 52.7 cm³/mol. The normalized spacial score (nSPS) is 13.1. The van der Waals surface area contributed by atoms with E-state index in [9.17, 15) is 8.78 Å². The summed E-state index contributed by atoms with van der Waals surface area (Å²) in [5, 5.41) is 11.5. The van der Waals surface area contributed by atoms with Gasteiger partial charge in [-0.05, 0) is 19.1 Å². The zero-order valence-corrected chi connectivity index (χ0v) is 8.45. The Morgan fingerprint density at radius 3 is 2.80 bits per heavy atom. The highest BCUT2D eigenvalue weighted by Crippen LogP contribution is 2.00. The molecule has 84 valence electrons. The molecule has 1 aromatic rings. The van der Waals surface area contributed by atoms with Crippen molar-refractivity contribution in [1.29, 1.82) is 0 Å². The van der Waals surface area contributed by atoms with E-state index in [0.717, 1.165) is 11.4 Å². The Hall–Kier alpha value is -1.07. The molecule has 0 spiro atoms. The molecule has 3 nitrogen and oxygen atoms in total. The van der Waals surface area contributed by atoms with Crippen LogP contribution < -0.4 is 5.32 Å². The van der Waals surface area contributed by atoms with Gasteiger partial charge in [0.15, 0.2) is 0 Å². The van der Waals surface area contributed by atoms with E-state index in [1.807, 2.05) is 19.1 Å². The zero-order valence-electron chi connectivity index (χ0n) is 8.45. The molecule has 2 N–H and O–H groups in total. The summed E-state index contributed by atoms with van der Waals surface area (Å²) in [6, 6.07) is 5.51. The molecular formula is C10H14F2N2O. The van der Waals surface area contributed by atoms with Gasteiger partial charge in [0.25, 0.3) is 6.43 Å². The second kappa shape index (κ2) is 5.72. The number of aryl methyl sites for hydroxylation is 1. The van der Waals surface area contributed by atoms with E-state index in [-0.39, 0.29) is 6.54 Å². The maximum atomic E-state index is 11.9. The lowest BCUT2D eigenvalue weighted by molar-refractivity contribution is -0.00344. The lowest BCUT2D eigenvalue weighted by atomic mass is 10.3. The van der Waals surface area contributed by atoms with Crippen LogP contribution in [0.2, 0.25) is 0 Å². The van der Waals surface area contributed by atoms with E-state index in [1.165, 1.54) is 0 Å². The SMILES string of the molecule is Cc1cccc(CNCC(O)C(F)F)n1. The van der Waals surface area contributed by atoms with Crippen molar-refractivity contribution in [3.05, 3.63) is 29.6 Å². The van der Waals surface area contributed by atoms with Crippen LogP contribution in [-0.4, -0.2) is 29.2 Å². The highest BCUT2D eigenvalue weighted by atomic mass is 19.3. The number of hydrogen-bond acceptors (Lipinski definition) is 3. The number of pyridine rings is 1. The van der Waals surface area contributed by atoms with Crippen LogP contribution in [0.1, 0.15) is 11.4 Å². The summed E-state index contributed by atoms with van der Waals surface area (Å²) in [5.74, 6) is 0. The maximum Gasteiger partial charge on any atom is 0.265 e. The molecule has 1 unspecified atom stereocenters. The van der Waals surface area contributed by atoms with Gasteiger partial charge in [0.05, 0.1) is 5.69 Å². The van der Waals surface area contributed by atoms with Gasteiger partial charge in [0.2, 0.25) is 0 Å². The monoisotopic (exact) mass is 216 g/mol. The fraction of sp³-hybridized carbons (Fsp3) is 0.500. The van der Waals surface area contributed by atoms with Gasteiger partial charge in [-0.3, -0.25) is 4.98 Å². The van der Waals surface area contributed by atoms with E-state index in [2.05, 4.69) is 10.3 Å². The van der Waals surface area contributed by atoms with Crippen LogP contribution >= 0.6 is 0 Å². The van der Waals surface area contributed by atoms with Crippen LogP contribution in [0.4, 0.5) is 8.78 Å². The highest BCUT2D eigenvalue weighted by Gasteiger charge is 2.15. The minimum atomic E-state index is -2.71. The standard InChI is InChI=1S/C10H14F2N2O/c1-7-3-2-4-8(14-7)5-13-6-9(15)10(11)12/h2-4,9-10,13,15H,5-6H2,1H3. The van der Waals surface area contributed by atoms with E-state index in [4.69, 9.17) is 5.11 Å². The number of halogens is 2. The number of nitrogens with one attached hydrogen (secondary N) is 1. The quantitative estimate of drug-likeness (QED) is 0.774. The Bertz CT molecular complexity index is 307. The molecule has 5 heteroatoms. The summed E-state index contributed by atoms with van der Waals surface area (Å²) in [6.07, 6.45) is -4.32. The molecule has 0 radical (unpaired) electrons. The van der Waals surface area contributed by atoms with Gasteiger partial charge in [-0.1, -0.05) is 6.07 Å². The van der Waals surface area contributed by atoms with Crippen LogP contribution in [0, 0.1) is 6.92 Å². The fourth-order valence-electron chi connectivity index (χ4n) is 1.14. The first-order valence-electron chi connectivity index (χ1n) is 4.69. The van der Waals surface area contributed by atoms with Gasteiger partial charge in [0.1, 0.15) is 6.10 Å². The van der Waals surface area contributed by atoms with Crippen molar-refractivity contribution < 1.29 is 13.9 Å². The number of hydrogen-bond donors (Lipinski definition) is 2. The molecule has 15 heavy (non-hydrogen) atoms. The van der Waals surface area contributed by atoms with Crippen LogP contribution in [0.3, 0.4) is 0 Å². The van der Waals surface area contributed by atoms with Crippen LogP contribution in [0.15, 0.2) is 18.2 Å². The van der Waals surface area contributed by atoms with Gasteiger partial charge in [0, 0.05) is 18.8 Å². The second-order valence-electron chi connectivity index (χ2n) is 3.30. The molecule has 0 aliphatic heterocycles. The van der Waals surface area contributed by atoms with Gasteiger partial charge in [-0.15, -0.1) is 0 Å². The van der Waals surface area contributed by atoms with Gasteiger partial charge in [-0.2, -0.15) is 0 Å². The average molecular weight is 216 g/mol. The molecule has 0 aliphatic rings. The molecule has 0 amide bonds. The van der Waals surface area contributed by atoms with Crippen LogP contribution in [0.25, 0.3) is 0 Å². The molecule has 1 heterocycles. The molecule has 0 fully saturated rings. The lowest BCUT2D eigenvalue weighted by Gasteiger charge is -2.10. The zero-order chi connectivity index (χ0) is 11.3. The molecule has 0 saturated heterocycles. The topological polar surface area (TPSA) is 45.1 Å². The number of aromatic nitrogens is 1. The summed E-state index contributed by atoms with van der Waals surface area (Å²) in [6.45, 7) is 2.11. The second-order valence-corrected chi connectivity index (χ2v) is 3.30. The van der Waals surface area contributed by atoms with Gasteiger partial charge < -0.3 is 10.4 Å². The molecule has 0 saturated carbocycles. The van der Waals surface area contributed by atoms with Gasteiger partial charge in [-0.25, -0.2) is 8.78 Å². The molecule has 1 rings (SSSR count). The summed E-state index contributed by atoms with van der Waals surface area (Å²) >= 11 is 0. The van der Waals surface area contributed by atoms with Crippen molar-refractivity contribution in [3.63, 3.8) is 0 Å². The van der Waals surface area contributed by atoms with Gasteiger partial charge >= 0.3 is 0 Å². The predicted octanol–water partition coefficient (Wildman–Crippen LogP) is 1.11. The van der Waals surface area contributed by atoms with E-state index < -0.39 is 12.5 Å². The maximum absolute atomic E-state index is 11.9. The Kier molecular flexibility index (Phi) is 4.58. The molecule has 0 aromatic carbocycles. The third kappa shape index (κ3) is 4.31. The molecule has 1 aromatic heterocycles. The summed E-state index contributed by atoms with van der Waals surface area (Å²) < 4.78 is 23.8. The molecular weight excluding hydrogens is 202 g/mol. The first kappa shape index (κ1) is 12.0. The fourth-order valence-corrected chi connectivity index (χ4v) is 1.14. The van der Waals surface area contributed by atoms with Crippen molar-refractivity contribution >= 4 is 0 Å². The van der Waals surface area contributed by atoms with E-state index >= 15 is 0 Å².